The molecule has 0 saturated carbocycles. The molecule has 0 radical (unpaired) electrons. The van der Waals surface area contributed by atoms with Gasteiger partial charge in [-0.25, -0.2) is 4.79 Å². The lowest BCUT2D eigenvalue weighted by Crippen LogP contribution is -2.04. The highest BCUT2D eigenvalue weighted by atomic mass is 35.5. The first-order valence-corrected chi connectivity index (χ1v) is 8.98. The van der Waals surface area contributed by atoms with Crippen LogP contribution in [0.3, 0.4) is 0 Å². The van der Waals surface area contributed by atoms with Gasteiger partial charge in [0.05, 0.1) is 23.4 Å². The van der Waals surface area contributed by atoms with Crippen molar-refractivity contribution >= 4 is 39.6 Å². The van der Waals surface area contributed by atoms with Crippen molar-refractivity contribution in [2.24, 2.45) is 0 Å². The van der Waals surface area contributed by atoms with Crippen LogP contribution in [0.1, 0.15) is 33.3 Å². The average Bonchev–Trinajstić information content (AvgIpc) is 3.08. The van der Waals surface area contributed by atoms with E-state index in [9.17, 15) is 9.59 Å². The van der Waals surface area contributed by atoms with Crippen molar-refractivity contribution in [3.05, 3.63) is 88.7 Å². The minimum Gasteiger partial charge on any atom is -0.462 e. The topological polar surface area (TPSA) is 47.8 Å². The largest absolute Gasteiger partial charge is 0.462 e. The molecule has 4 nitrogen and oxygen atoms in total. The third kappa shape index (κ3) is 2.98. The summed E-state index contributed by atoms with van der Waals surface area (Å²) in [5.74, 6) is -0.631. The van der Waals surface area contributed by atoms with E-state index in [0.29, 0.717) is 27.4 Å². The van der Waals surface area contributed by atoms with E-state index < -0.39 is 5.97 Å². The summed E-state index contributed by atoms with van der Waals surface area (Å²) in [6.07, 6.45) is 1.81. The normalized spacial score (nSPS) is 11.0. The summed E-state index contributed by atoms with van der Waals surface area (Å²) >= 11 is 5.93. The number of nitrogens with zero attached hydrogens (tertiary/aromatic N) is 1. The number of hydrogen-bond acceptors (Lipinski definition) is 3. The Morgan fingerprint density at radius 1 is 1.04 bits per heavy atom. The minimum atomic E-state index is -0.443. The van der Waals surface area contributed by atoms with Gasteiger partial charge in [0.1, 0.15) is 0 Å². The fourth-order valence-corrected chi connectivity index (χ4v) is 3.38. The number of fused-ring (bicyclic) bond motifs is 3. The van der Waals surface area contributed by atoms with Crippen molar-refractivity contribution in [1.29, 1.82) is 0 Å². The van der Waals surface area contributed by atoms with Crippen LogP contribution in [0, 0.1) is 0 Å². The Hall–Kier alpha value is -3.11. The standard InChI is InChI=1S/C22H16ClNO3/c1-2-27-22(26)18-13-19(21(25)15-7-9-16(23)10-8-15)24-12-11-14-5-3-4-6-17(14)20(18)24/h3-13H,2H2,1H3. The van der Waals surface area contributed by atoms with Gasteiger partial charge in [0, 0.05) is 22.2 Å². The summed E-state index contributed by atoms with van der Waals surface area (Å²) in [7, 11) is 0. The fourth-order valence-electron chi connectivity index (χ4n) is 3.26. The molecule has 0 aliphatic heterocycles. The van der Waals surface area contributed by atoms with Crippen LogP contribution in [0.4, 0.5) is 0 Å². The molecule has 4 rings (SSSR count). The van der Waals surface area contributed by atoms with Crippen molar-refractivity contribution in [1.82, 2.24) is 4.40 Å². The number of aromatic nitrogens is 1. The van der Waals surface area contributed by atoms with Gasteiger partial charge in [0.2, 0.25) is 5.78 Å². The van der Waals surface area contributed by atoms with E-state index in [4.69, 9.17) is 16.3 Å². The number of ether oxygens (including phenoxy) is 1. The lowest BCUT2D eigenvalue weighted by molar-refractivity contribution is 0.0529. The number of ketones is 1. The van der Waals surface area contributed by atoms with Gasteiger partial charge in [-0.15, -0.1) is 0 Å². The van der Waals surface area contributed by atoms with E-state index in [1.54, 1.807) is 41.7 Å². The van der Waals surface area contributed by atoms with Crippen molar-refractivity contribution in [3.63, 3.8) is 0 Å². The smallest absolute Gasteiger partial charge is 0.340 e. The predicted octanol–water partition coefficient (Wildman–Crippen LogP) is 5.15. The van der Waals surface area contributed by atoms with E-state index in [-0.39, 0.29) is 12.4 Å². The van der Waals surface area contributed by atoms with Crippen molar-refractivity contribution < 1.29 is 14.3 Å². The van der Waals surface area contributed by atoms with Gasteiger partial charge < -0.3 is 9.14 Å². The molecular weight excluding hydrogens is 362 g/mol. The lowest BCUT2D eigenvalue weighted by atomic mass is 10.1. The van der Waals surface area contributed by atoms with Crippen molar-refractivity contribution in [3.8, 4) is 0 Å². The number of pyridine rings is 1. The number of rotatable bonds is 4. The first kappa shape index (κ1) is 17.3. The molecule has 0 aliphatic carbocycles. The molecule has 0 atom stereocenters. The zero-order valence-corrected chi connectivity index (χ0v) is 15.4. The highest BCUT2D eigenvalue weighted by molar-refractivity contribution is 6.30. The molecule has 0 fully saturated rings. The number of carbonyl (C=O) groups excluding carboxylic acids is 2. The molecular formula is C22H16ClNO3. The SMILES string of the molecule is CCOC(=O)c1cc(C(=O)c2ccc(Cl)cc2)n2ccc3ccccc3c12. The van der Waals surface area contributed by atoms with Gasteiger partial charge in [-0.1, -0.05) is 35.9 Å². The molecule has 2 aromatic carbocycles. The Morgan fingerprint density at radius 3 is 2.52 bits per heavy atom. The number of esters is 1. The Balaban J connectivity index is 1.98. The molecule has 2 aromatic heterocycles. The Labute approximate surface area is 160 Å². The summed E-state index contributed by atoms with van der Waals surface area (Å²) < 4.78 is 6.97. The van der Waals surface area contributed by atoms with Gasteiger partial charge in [0.25, 0.3) is 0 Å². The van der Waals surface area contributed by atoms with Crippen LogP contribution in [0.5, 0.6) is 0 Å². The van der Waals surface area contributed by atoms with Crippen LogP contribution in [0.15, 0.2) is 66.9 Å². The molecule has 4 aromatic rings. The summed E-state index contributed by atoms with van der Waals surface area (Å²) in [5.41, 5.74) is 1.96. The summed E-state index contributed by atoms with van der Waals surface area (Å²) in [6.45, 7) is 2.02. The van der Waals surface area contributed by atoms with Crippen LogP contribution in [-0.4, -0.2) is 22.8 Å². The summed E-state index contributed by atoms with van der Waals surface area (Å²) in [5, 5.41) is 2.43. The molecule has 134 valence electrons. The third-order valence-corrected chi connectivity index (χ3v) is 4.74. The highest BCUT2D eigenvalue weighted by Gasteiger charge is 2.22. The maximum atomic E-state index is 13.1. The van der Waals surface area contributed by atoms with Crippen LogP contribution in [-0.2, 0) is 4.74 Å². The third-order valence-electron chi connectivity index (χ3n) is 4.49. The molecule has 0 spiro atoms. The molecule has 2 heterocycles. The molecule has 0 saturated heterocycles. The number of halogens is 1. The molecule has 27 heavy (non-hydrogen) atoms. The van der Waals surface area contributed by atoms with Crippen LogP contribution in [0.2, 0.25) is 5.02 Å². The van der Waals surface area contributed by atoms with Crippen LogP contribution in [0.25, 0.3) is 16.3 Å². The average molecular weight is 378 g/mol. The second-order valence-corrected chi connectivity index (χ2v) is 6.56. The quantitative estimate of drug-likeness (QED) is 0.365. The van der Waals surface area contributed by atoms with Crippen LogP contribution < -0.4 is 0 Å². The van der Waals surface area contributed by atoms with Crippen molar-refractivity contribution in [2.45, 2.75) is 6.92 Å². The predicted molar refractivity (Wildman–Crippen MR) is 106 cm³/mol. The lowest BCUT2D eigenvalue weighted by Gasteiger charge is -2.06. The van der Waals surface area contributed by atoms with E-state index in [1.165, 1.54) is 0 Å². The maximum absolute atomic E-state index is 13.1. The highest BCUT2D eigenvalue weighted by Crippen LogP contribution is 2.28. The number of hydrogen-bond donors (Lipinski definition) is 0. The maximum Gasteiger partial charge on any atom is 0.340 e. The van der Waals surface area contributed by atoms with Gasteiger partial charge >= 0.3 is 5.97 Å². The number of benzene rings is 2. The molecule has 0 N–H and O–H groups in total. The molecule has 0 bridgehead atoms. The van der Waals surface area contributed by atoms with Gasteiger partial charge in [-0.2, -0.15) is 0 Å². The zero-order valence-electron chi connectivity index (χ0n) is 14.6. The fraction of sp³-hybridized carbons (Fsp3) is 0.0909. The van der Waals surface area contributed by atoms with E-state index in [2.05, 4.69) is 0 Å². The molecule has 5 heteroatoms. The Bertz CT molecular complexity index is 1180. The van der Waals surface area contributed by atoms with E-state index in [0.717, 1.165) is 10.8 Å². The van der Waals surface area contributed by atoms with E-state index in [1.807, 2.05) is 36.5 Å². The van der Waals surface area contributed by atoms with Gasteiger partial charge in [0.15, 0.2) is 0 Å². The molecule has 0 aliphatic rings. The minimum absolute atomic E-state index is 0.188. The first-order chi connectivity index (χ1) is 13.1. The van der Waals surface area contributed by atoms with Crippen molar-refractivity contribution in [2.75, 3.05) is 6.61 Å². The summed E-state index contributed by atoms with van der Waals surface area (Å²) in [4.78, 5) is 25.6. The Kier molecular flexibility index (Phi) is 4.42. The zero-order chi connectivity index (χ0) is 19.0. The summed E-state index contributed by atoms with van der Waals surface area (Å²) in [6, 6.07) is 18.0. The Morgan fingerprint density at radius 2 is 1.78 bits per heavy atom. The van der Waals surface area contributed by atoms with E-state index >= 15 is 0 Å². The molecule has 0 amide bonds. The molecule has 0 unspecified atom stereocenters. The second-order valence-electron chi connectivity index (χ2n) is 6.12. The monoisotopic (exact) mass is 377 g/mol. The van der Waals surface area contributed by atoms with Gasteiger partial charge in [-0.3, -0.25) is 4.79 Å². The van der Waals surface area contributed by atoms with Gasteiger partial charge in [-0.05, 0) is 48.7 Å². The van der Waals surface area contributed by atoms with Crippen LogP contribution >= 0.6 is 11.6 Å². The first-order valence-electron chi connectivity index (χ1n) is 8.60. The second kappa shape index (κ2) is 6.89. The number of carbonyl (C=O) groups is 2.